The molecule has 3 fully saturated rings. The minimum absolute atomic E-state index is 0.613. The Kier molecular flexibility index (Phi) is 6.58. The number of piperidine rings is 2. The highest BCUT2D eigenvalue weighted by Gasteiger charge is 2.42. The summed E-state index contributed by atoms with van der Waals surface area (Å²) in [4.78, 5) is 15.1. The standard InChI is InChI=1S/C32H43N7O/c1-20(2)17-38-25-6-7-26(38)16-27(15-25)37-10-8-22(9-11-37)23-12-21(3)30-28(13-23)36(4)31(35-30)24-14-29(40-5)32-33-19-34-39(32)18-24/h12-14,18-20,22,25-27H,6-11,15-17H2,1-5H3. The fraction of sp³-hybridized carbons (Fsp3) is 0.594. The van der Waals surface area contributed by atoms with Gasteiger partial charge in [-0.2, -0.15) is 5.10 Å². The number of benzene rings is 1. The molecule has 0 spiro atoms. The number of rotatable bonds is 6. The van der Waals surface area contributed by atoms with Gasteiger partial charge in [0, 0.05) is 43.5 Å². The van der Waals surface area contributed by atoms with Crippen LogP contribution in [0.3, 0.4) is 0 Å². The van der Waals surface area contributed by atoms with Gasteiger partial charge in [-0.15, -0.1) is 0 Å². The van der Waals surface area contributed by atoms with Crippen LogP contribution in [0.25, 0.3) is 28.1 Å². The largest absolute Gasteiger partial charge is 0.493 e. The molecule has 0 saturated carbocycles. The molecule has 0 N–H and O–H groups in total. The second kappa shape index (κ2) is 10.1. The van der Waals surface area contributed by atoms with Crippen molar-refractivity contribution in [3.63, 3.8) is 0 Å². The van der Waals surface area contributed by atoms with Gasteiger partial charge in [0.05, 0.1) is 18.1 Å². The summed E-state index contributed by atoms with van der Waals surface area (Å²) >= 11 is 0. The van der Waals surface area contributed by atoms with Gasteiger partial charge in [-0.05, 0) is 93.6 Å². The number of imidazole rings is 1. The number of hydrogen-bond acceptors (Lipinski definition) is 6. The number of aromatic nitrogens is 5. The molecule has 4 aromatic rings. The zero-order valence-electron chi connectivity index (χ0n) is 24.7. The van der Waals surface area contributed by atoms with Crippen molar-refractivity contribution in [2.24, 2.45) is 13.0 Å². The summed E-state index contributed by atoms with van der Waals surface area (Å²) in [6.45, 7) is 10.7. The van der Waals surface area contributed by atoms with Gasteiger partial charge in [-0.1, -0.05) is 19.9 Å². The number of hydrogen-bond donors (Lipinski definition) is 0. The third-order valence-corrected chi connectivity index (χ3v) is 9.97. The summed E-state index contributed by atoms with van der Waals surface area (Å²) in [6, 6.07) is 9.22. The van der Waals surface area contributed by atoms with Gasteiger partial charge in [0.15, 0.2) is 11.4 Å². The first-order valence-corrected chi connectivity index (χ1v) is 15.2. The third-order valence-electron chi connectivity index (χ3n) is 9.97. The molecule has 8 heteroatoms. The van der Waals surface area contributed by atoms with Crippen LogP contribution in [-0.4, -0.2) is 78.8 Å². The SMILES string of the molecule is COc1cc(-c2nc3c(C)cc(C4CCN(C5CC6CCC(C5)N6CC(C)C)CC4)cc3n2C)cn2ncnc12. The molecule has 3 aromatic heterocycles. The van der Waals surface area contributed by atoms with E-state index in [9.17, 15) is 0 Å². The second-order valence-electron chi connectivity index (χ2n) is 12.9. The normalized spacial score (nSPS) is 24.6. The molecule has 3 saturated heterocycles. The smallest absolute Gasteiger partial charge is 0.197 e. The first-order chi connectivity index (χ1) is 19.4. The second-order valence-corrected chi connectivity index (χ2v) is 12.9. The van der Waals surface area contributed by atoms with Crippen LogP contribution in [0.5, 0.6) is 5.75 Å². The Morgan fingerprint density at radius 2 is 1.75 bits per heavy atom. The molecule has 0 aliphatic carbocycles. The van der Waals surface area contributed by atoms with Crippen molar-refractivity contribution >= 4 is 16.7 Å². The van der Waals surface area contributed by atoms with Crippen LogP contribution in [0.4, 0.5) is 0 Å². The fourth-order valence-electron chi connectivity index (χ4n) is 8.01. The lowest BCUT2D eigenvalue weighted by Crippen LogP contribution is -2.52. The van der Waals surface area contributed by atoms with Crippen molar-refractivity contribution in [3.05, 3.63) is 41.9 Å². The summed E-state index contributed by atoms with van der Waals surface area (Å²) in [5, 5.41) is 4.34. The third kappa shape index (κ3) is 4.40. The highest BCUT2D eigenvalue weighted by molar-refractivity contribution is 5.84. The van der Waals surface area contributed by atoms with Crippen molar-refractivity contribution in [1.82, 2.24) is 33.9 Å². The van der Waals surface area contributed by atoms with E-state index in [2.05, 4.69) is 64.4 Å². The predicted molar refractivity (Wildman–Crippen MR) is 159 cm³/mol. The molecular weight excluding hydrogens is 498 g/mol. The number of fused-ring (bicyclic) bond motifs is 4. The van der Waals surface area contributed by atoms with Crippen molar-refractivity contribution in [1.29, 1.82) is 0 Å². The Balaban J connectivity index is 1.09. The Morgan fingerprint density at radius 3 is 2.45 bits per heavy atom. The molecule has 0 amide bonds. The van der Waals surface area contributed by atoms with E-state index in [4.69, 9.17) is 9.72 Å². The van der Waals surface area contributed by atoms with Gasteiger partial charge in [0.2, 0.25) is 0 Å². The van der Waals surface area contributed by atoms with E-state index in [0.29, 0.717) is 17.3 Å². The summed E-state index contributed by atoms with van der Waals surface area (Å²) < 4.78 is 9.59. The highest BCUT2D eigenvalue weighted by Crippen LogP contribution is 2.40. The van der Waals surface area contributed by atoms with Crippen LogP contribution in [-0.2, 0) is 7.05 Å². The Labute approximate surface area is 237 Å². The molecular formula is C32H43N7O. The van der Waals surface area contributed by atoms with Crippen LogP contribution in [0.15, 0.2) is 30.7 Å². The first kappa shape index (κ1) is 26.0. The molecule has 2 bridgehead atoms. The molecule has 3 aliphatic rings. The molecule has 40 heavy (non-hydrogen) atoms. The maximum Gasteiger partial charge on any atom is 0.197 e. The van der Waals surface area contributed by atoms with Gasteiger partial charge >= 0.3 is 0 Å². The van der Waals surface area contributed by atoms with E-state index >= 15 is 0 Å². The van der Waals surface area contributed by atoms with E-state index < -0.39 is 0 Å². The summed E-state index contributed by atoms with van der Waals surface area (Å²) in [5.41, 5.74) is 6.66. The van der Waals surface area contributed by atoms with E-state index in [1.165, 1.54) is 74.8 Å². The molecule has 2 atom stereocenters. The number of methoxy groups -OCH3 is 1. The average molecular weight is 542 g/mol. The summed E-state index contributed by atoms with van der Waals surface area (Å²) in [6.07, 6.45) is 11.6. The number of nitrogens with zero attached hydrogens (tertiary/aromatic N) is 7. The van der Waals surface area contributed by atoms with Crippen molar-refractivity contribution in [2.75, 3.05) is 26.7 Å². The molecule has 1 aromatic carbocycles. The lowest BCUT2D eigenvalue weighted by atomic mass is 9.86. The monoisotopic (exact) mass is 541 g/mol. The van der Waals surface area contributed by atoms with Gasteiger partial charge in [0.25, 0.3) is 0 Å². The van der Waals surface area contributed by atoms with Crippen LogP contribution < -0.4 is 4.74 Å². The number of aryl methyl sites for hydroxylation is 2. The molecule has 7 rings (SSSR count). The maximum atomic E-state index is 5.61. The summed E-state index contributed by atoms with van der Waals surface area (Å²) in [7, 11) is 3.79. The van der Waals surface area contributed by atoms with Crippen LogP contribution >= 0.6 is 0 Å². The van der Waals surface area contributed by atoms with E-state index in [1.807, 2.05) is 12.3 Å². The molecule has 0 radical (unpaired) electrons. The van der Waals surface area contributed by atoms with Crippen LogP contribution in [0.1, 0.15) is 69.4 Å². The minimum atomic E-state index is 0.613. The van der Waals surface area contributed by atoms with Crippen molar-refractivity contribution < 1.29 is 4.74 Å². The molecule has 212 valence electrons. The molecule has 2 unspecified atom stereocenters. The maximum absolute atomic E-state index is 5.61. The number of likely N-dealkylation sites (tertiary alicyclic amines) is 1. The van der Waals surface area contributed by atoms with Crippen LogP contribution in [0, 0.1) is 12.8 Å². The number of pyridine rings is 1. The van der Waals surface area contributed by atoms with Crippen molar-refractivity contribution in [3.8, 4) is 17.1 Å². The Hall–Kier alpha value is -2.97. The minimum Gasteiger partial charge on any atom is -0.493 e. The molecule has 8 nitrogen and oxygen atoms in total. The summed E-state index contributed by atoms with van der Waals surface area (Å²) in [5.74, 6) is 3.00. The van der Waals surface area contributed by atoms with E-state index in [1.54, 1.807) is 18.0 Å². The molecule has 3 aliphatic heterocycles. The quantitative estimate of drug-likeness (QED) is 0.324. The first-order valence-electron chi connectivity index (χ1n) is 15.2. The van der Waals surface area contributed by atoms with Gasteiger partial charge in [-0.3, -0.25) is 4.90 Å². The fourth-order valence-corrected chi connectivity index (χ4v) is 8.01. The highest BCUT2D eigenvalue weighted by atomic mass is 16.5. The average Bonchev–Trinajstić information content (AvgIpc) is 3.61. The van der Waals surface area contributed by atoms with Crippen molar-refractivity contribution in [2.45, 2.75) is 83.3 Å². The Bertz CT molecular complexity index is 1520. The van der Waals surface area contributed by atoms with E-state index in [0.717, 1.165) is 40.9 Å². The van der Waals surface area contributed by atoms with Crippen LogP contribution in [0.2, 0.25) is 0 Å². The van der Waals surface area contributed by atoms with Gasteiger partial charge < -0.3 is 14.2 Å². The lowest BCUT2D eigenvalue weighted by molar-refractivity contribution is 0.0403. The predicted octanol–water partition coefficient (Wildman–Crippen LogP) is 5.43. The number of ether oxygens (including phenoxy) is 1. The Morgan fingerprint density at radius 1 is 1.00 bits per heavy atom. The topological polar surface area (TPSA) is 63.7 Å². The van der Waals surface area contributed by atoms with Gasteiger partial charge in [-0.25, -0.2) is 14.5 Å². The zero-order chi connectivity index (χ0) is 27.5. The lowest BCUT2D eigenvalue weighted by Gasteiger charge is -2.46. The molecule has 6 heterocycles. The zero-order valence-corrected chi connectivity index (χ0v) is 24.7. The van der Waals surface area contributed by atoms with Gasteiger partial charge in [0.1, 0.15) is 12.2 Å². The van der Waals surface area contributed by atoms with E-state index in [-0.39, 0.29) is 0 Å².